The Morgan fingerprint density at radius 2 is 1.66 bits per heavy atom. The number of para-hydroxylation sites is 2. The van der Waals surface area contributed by atoms with E-state index in [4.69, 9.17) is 9.47 Å². The molecule has 4 aromatic carbocycles. The highest BCUT2D eigenvalue weighted by Crippen LogP contribution is 2.34. The third-order valence-corrected chi connectivity index (χ3v) is 6.86. The van der Waals surface area contributed by atoms with E-state index in [-0.39, 0.29) is 30.2 Å². The molecule has 0 bridgehead atoms. The number of methoxy groups -OCH3 is 1. The van der Waals surface area contributed by atoms with Crippen molar-refractivity contribution >= 4 is 51.4 Å². The van der Waals surface area contributed by atoms with Crippen molar-refractivity contribution in [2.24, 2.45) is 0 Å². The minimum atomic E-state index is -0.321. The molecule has 0 aromatic heterocycles. The SMILES string of the molecule is COc1ccccc1NC(=O)COc1ccc(/C=C2/SC(=O)N(Cc3ccc4ccccc4c3)C2=O)cc1. The van der Waals surface area contributed by atoms with Crippen molar-refractivity contribution in [3.63, 3.8) is 0 Å². The Kier molecular flexibility index (Phi) is 7.42. The summed E-state index contributed by atoms with van der Waals surface area (Å²) in [6.07, 6.45) is 1.68. The fourth-order valence-electron chi connectivity index (χ4n) is 4.05. The third kappa shape index (κ3) is 5.71. The van der Waals surface area contributed by atoms with E-state index in [1.165, 1.54) is 12.0 Å². The van der Waals surface area contributed by atoms with E-state index in [0.717, 1.165) is 33.7 Å². The van der Waals surface area contributed by atoms with E-state index in [9.17, 15) is 14.4 Å². The van der Waals surface area contributed by atoms with Crippen LogP contribution in [0.3, 0.4) is 0 Å². The molecule has 8 heteroatoms. The lowest BCUT2D eigenvalue weighted by atomic mass is 10.1. The van der Waals surface area contributed by atoms with Crippen molar-refractivity contribution in [1.29, 1.82) is 0 Å². The Hall–Kier alpha value is -4.56. The molecule has 1 saturated heterocycles. The van der Waals surface area contributed by atoms with Crippen LogP contribution < -0.4 is 14.8 Å². The Morgan fingerprint density at radius 3 is 2.45 bits per heavy atom. The lowest BCUT2D eigenvalue weighted by Gasteiger charge is -2.13. The average Bonchev–Trinajstić information content (AvgIpc) is 3.20. The van der Waals surface area contributed by atoms with Gasteiger partial charge in [0.15, 0.2) is 6.61 Å². The number of nitrogens with one attached hydrogen (secondary N) is 1. The normalized spacial score (nSPS) is 14.2. The van der Waals surface area contributed by atoms with Gasteiger partial charge >= 0.3 is 0 Å². The Labute approximate surface area is 224 Å². The molecule has 190 valence electrons. The van der Waals surface area contributed by atoms with E-state index in [1.54, 1.807) is 48.5 Å². The van der Waals surface area contributed by atoms with E-state index in [0.29, 0.717) is 22.1 Å². The molecule has 1 N–H and O–H groups in total. The highest BCUT2D eigenvalue weighted by atomic mass is 32.2. The molecule has 7 nitrogen and oxygen atoms in total. The lowest BCUT2D eigenvalue weighted by Crippen LogP contribution is -2.27. The number of thioether (sulfide) groups is 1. The molecule has 3 amide bonds. The number of nitrogens with zero attached hydrogens (tertiary/aromatic N) is 1. The molecule has 1 fully saturated rings. The average molecular weight is 525 g/mol. The number of imide groups is 1. The first-order valence-electron chi connectivity index (χ1n) is 11.9. The third-order valence-electron chi connectivity index (χ3n) is 5.96. The summed E-state index contributed by atoms with van der Waals surface area (Å²) in [4.78, 5) is 39.4. The predicted octanol–water partition coefficient (Wildman–Crippen LogP) is 6.10. The number of hydrogen-bond donors (Lipinski definition) is 1. The molecule has 0 atom stereocenters. The van der Waals surface area contributed by atoms with Gasteiger partial charge < -0.3 is 14.8 Å². The van der Waals surface area contributed by atoms with Crippen molar-refractivity contribution in [3.05, 3.63) is 107 Å². The van der Waals surface area contributed by atoms with Crippen LogP contribution in [0.5, 0.6) is 11.5 Å². The maximum Gasteiger partial charge on any atom is 0.293 e. The Morgan fingerprint density at radius 1 is 0.921 bits per heavy atom. The van der Waals surface area contributed by atoms with Gasteiger partial charge in [0.05, 0.1) is 24.2 Å². The first kappa shape index (κ1) is 25.1. The number of anilines is 1. The molecule has 0 spiro atoms. The standard InChI is InChI=1S/C30H24N2O5S/c1-36-26-9-5-4-8-25(26)31-28(33)19-37-24-14-11-20(12-15-24)17-27-29(34)32(30(35)38-27)18-21-10-13-22-6-2-3-7-23(22)16-21/h2-17H,18-19H2,1H3,(H,31,33)/b27-17+. The zero-order valence-corrected chi connectivity index (χ0v) is 21.4. The van der Waals surface area contributed by atoms with E-state index >= 15 is 0 Å². The van der Waals surface area contributed by atoms with Gasteiger partial charge in [-0.25, -0.2) is 0 Å². The number of carbonyl (C=O) groups excluding carboxylic acids is 3. The molecule has 5 rings (SSSR count). The van der Waals surface area contributed by atoms with Gasteiger partial charge in [-0.15, -0.1) is 0 Å². The number of fused-ring (bicyclic) bond motifs is 1. The maximum atomic E-state index is 13.0. The summed E-state index contributed by atoms with van der Waals surface area (Å²) in [5.74, 6) is 0.425. The minimum Gasteiger partial charge on any atom is -0.495 e. The molecule has 1 heterocycles. The van der Waals surface area contributed by atoms with Crippen LogP contribution in [0.1, 0.15) is 11.1 Å². The van der Waals surface area contributed by atoms with Crippen molar-refractivity contribution in [1.82, 2.24) is 4.90 Å². The van der Waals surface area contributed by atoms with Crippen LogP contribution in [0.4, 0.5) is 10.5 Å². The summed E-state index contributed by atoms with van der Waals surface area (Å²) < 4.78 is 10.8. The van der Waals surface area contributed by atoms with Crippen LogP contribution in [-0.2, 0) is 16.1 Å². The highest BCUT2D eigenvalue weighted by Gasteiger charge is 2.35. The fourth-order valence-corrected chi connectivity index (χ4v) is 4.89. The first-order valence-corrected chi connectivity index (χ1v) is 12.7. The second kappa shape index (κ2) is 11.2. The Bertz CT molecular complexity index is 1550. The second-order valence-electron chi connectivity index (χ2n) is 8.56. The Balaban J connectivity index is 1.19. The largest absolute Gasteiger partial charge is 0.495 e. The topological polar surface area (TPSA) is 84.9 Å². The summed E-state index contributed by atoms with van der Waals surface area (Å²) in [6, 6.07) is 28.0. The van der Waals surface area contributed by atoms with Crippen molar-refractivity contribution in [3.8, 4) is 11.5 Å². The molecule has 4 aromatic rings. The maximum absolute atomic E-state index is 13.0. The smallest absolute Gasteiger partial charge is 0.293 e. The number of carbonyl (C=O) groups is 3. The highest BCUT2D eigenvalue weighted by molar-refractivity contribution is 8.18. The van der Waals surface area contributed by atoms with E-state index in [1.807, 2.05) is 48.5 Å². The minimum absolute atomic E-state index is 0.176. The fraction of sp³-hybridized carbons (Fsp3) is 0.100. The van der Waals surface area contributed by atoms with Crippen LogP contribution in [0.15, 0.2) is 95.9 Å². The molecule has 1 aliphatic rings. The van der Waals surface area contributed by atoms with Crippen molar-refractivity contribution in [2.45, 2.75) is 6.54 Å². The van der Waals surface area contributed by atoms with Gasteiger partial charge in [-0.1, -0.05) is 60.7 Å². The molecule has 0 radical (unpaired) electrons. The van der Waals surface area contributed by atoms with E-state index in [2.05, 4.69) is 5.32 Å². The van der Waals surface area contributed by atoms with Gasteiger partial charge in [-0.05, 0) is 70.1 Å². The predicted molar refractivity (Wildman–Crippen MR) is 149 cm³/mol. The van der Waals surface area contributed by atoms with Crippen LogP contribution in [0, 0.1) is 0 Å². The first-order chi connectivity index (χ1) is 18.5. The van der Waals surface area contributed by atoms with Crippen LogP contribution in [0.2, 0.25) is 0 Å². The van der Waals surface area contributed by atoms with Gasteiger partial charge in [0.2, 0.25) is 0 Å². The molecule has 1 aliphatic heterocycles. The van der Waals surface area contributed by atoms with Crippen LogP contribution in [0.25, 0.3) is 16.8 Å². The quantitative estimate of drug-likeness (QED) is 0.280. The summed E-state index contributed by atoms with van der Waals surface area (Å²) in [7, 11) is 1.54. The lowest BCUT2D eigenvalue weighted by molar-refractivity contribution is -0.123. The van der Waals surface area contributed by atoms with Gasteiger partial charge in [0, 0.05) is 0 Å². The van der Waals surface area contributed by atoms with Gasteiger partial charge in [-0.2, -0.15) is 0 Å². The number of amides is 3. The summed E-state index contributed by atoms with van der Waals surface area (Å²) in [6.45, 7) is 0.0432. The number of benzene rings is 4. The number of ether oxygens (including phenoxy) is 2. The molecule has 0 aliphatic carbocycles. The molecule has 0 unspecified atom stereocenters. The van der Waals surface area contributed by atoms with Gasteiger partial charge in [-0.3, -0.25) is 19.3 Å². The number of rotatable bonds is 8. The molecule has 38 heavy (non-hydrogen) atoms. The molecular formula is C30H24N2O5S. The zero-order chi connectivity index (χ0) is 26.5. The van der Waals surface area contributed by atoms with Crippen LogP contribution in [-0.4, -0.2) is 35.7 Å². The van der Waals surface area contributed by atoms with Gasteiger partial charge in [0.1, 0.15) is 11.5 Å². The summed E-state index contributed by atoms with van der Waals surface area (Å²) in [5.41, 5.74) is 2.20. The zero-order valence-electron chi connectivity index (χ0n) is 20.5. The van der Waals surface area contributed by atoms with Gasteiger partial charge in [0.25, 0.3) is 17.1 Å². The van der Waals surface area contributed by atoms with Crippen LogP contribution >= 0.6 is 11.8 Å². The molecular weight excluding hydrogens is 500 g/mol. The van der Waals surface area contributed by atoms with E-state index < -0.39 is 0 Å². The van der Waals surface area contributed by atoms with Crippen molar-refractivity contribution in [2.75, 3.05) is 19.0 Å². The summed E-state index contributed by atoms with van der Waals surface area (Å²) >= 11 is 0.926. The second-order valence-corrected chi connectivity index (χ2v) is 9.55. The monoisotopic (exact) mass is 524 g/mol. The van der Waals surface area contributed by atoms with Crippen molar-refractivity contribution < 1.29 is 23.9 Å². The number of hydrogen-bond acceptors (Lipinski definition) is 6. The molecule has 0 saturated carbocycles. The summed E-state index contributed by atoms with van der Waals surface area (Å²) in [5, 5.41) is 4.63.